The third-order valence-corrected chi connectivity index (χ3v) is 4.21. The lowest BCUT2D eigenvalue weighted by Gasteiger charge is -2.23. The predicted octanol–water partition coefficient (Wildman–Crippen LogP) is 2.49. The van der Waals surface area contributed by atoms with Crippen LogP contribution >= 0.6 is 11.6 Å². The van der Waals surface area contributed by atoms with Crippen molar-refractivity contribution in [1.82, 2.24) is 9.88 Å². The first kappa shape index (κ1) is 17.5. The van der Waals surface area contributed by atoms with Crippen LogP contribution < -0.4 is 10.1 Å². The van der Waals surface area contributed by atoms with E-state index in [-0.39, 0.29) is 19.0 Å². The van der Waals surface area contributed by atoms with Crippen LogP contribution in [0.3, 0.4) is 0 Å². The summed E-state index contributed by atoms with van der Waals surface area (Å²) in [5, 5.41) is 22.2. The molecule has 1 fully saturated rings. The summed E-state index contributed by atoms with van der Waals surface area (Å²) >= 11 is 6.05. The summed E-state index contributed by atoms with van der Waals surface area (Å²) in [7, 11) is 0. The normalized spacial score (nSPS) is 19.7. The zero-order valence-electron chi connectivity index (χ0n) is 13.3. The van der Waals surface area contributed by atoms with E-state index < -0.39 is 18.2 Å². The Morgan fingerprint density at radius 3 is 2.96 bits per heavy atom. The van der Waals surface area contributed by atoms with Crippen molar-refractivity contribution in [3.63, 3.8) is 0 Å². The van der Waals surface area contributed by atoms with Crippen molar-refractivity contribution in [1.29, 1.82) is 0 Å². The number of urea groups is 1. The molecule has 1 aliphatic rings. The molecule has 2 amide bonds. The summed E-state index contributed by atoms with van der Waals surface area (Å²) in [6.45, 7) is -0.00713. The van der Waals surface area contributed by atoms with Gasteiger partial charge in [-0.1, -0.05) is 23.7 Å². The van der Waals surface area contributed by atoms with Crippen molar-refractivity contribution in [2.45, 2.75) is 18.6 Å². The number of aromatic nitrogens is 1. The van der Waals surface area contributed by atoms with Crippen LogP contribution in [0.25, 0.3) is 0 Å². The summed E-state index contributed by atoms with van der Waals surface area (Å²) in [6.07, 6.45) is 1.24. The fourth-order valence-electron chi connectivity index (χ4n) is 2.69. The van der Waals surface area contributed by atoms with Gasteiger partial charge in [-0.25, -0.2) is 9.78 Å². The Hall–Kier alpha value is -2.35. The molecule has 8 heteroatoms. The molecule has 7 nitrogen and oxygen atoms in total. The third kappa shape index (κ3) is 4.19. The van der Waals surface area contributed by atoms with E-state index in [1.165, 1.54) is 11.1 Å². The lowest BCUT2D eigenvalue weighted by atomic mass is 10.2. The number of hydrogen-bond acceptors (Lipinski definition) is 5. The Labute approximate surface area is 149 Å². The topological polar surface area (TPSA) is 94.9 Å². The van der Waals surface area contributed by atoms with Crippen LogP contribution in [-0.4, -0.2) is 51.4 Å². The molecule has 2 heterocycles. The van der Waals surface area contributed by atoms with E-state index in [1.54, 1.807) is 36.4 Å². The second-order valence-corrected chi connectivity index (χ2v) is 6.13. The highest BCUT2D eigenvalue weighted by Crippen LogP contribution is 2.29. The molecule has 2 aromatic rings. The number of benzene rings is 1. The van der Waals surface area contributed by atoms with E-state index >= 15 is 0 Å². The molecule has 0 unspecified atom stereocenters. The number of aliphatic hydroxyl groups is 2. The average Bonchev–Trinajstić information content (AvgIpc) is 2.98. The highest BCUT2D eigenvalue weighted by atomic mass is 35.5. The first-order chi connectivity index (χ1) is 12.1. The molecule has 0 aliphatic carbocycles. The number of rotatable bonds is 4. The van der Waals surface area contributed by atoms with Crippen molar-refractivity contribution in [2.24, 2.45) is 0 Å². The molecule has 2 atom stereocenters. The number of nitrogens with one attached hydrogen (secondary N) is 1. The minimum Gasteiger partial charge on any atom is -0.437 e. The van der Waals surface area contributed by atoms with Gasteiger partial charge in [-0.3, -0.25) is 0 Å². The number of likely N-dealkylation sites (tertiary alicyclic amines) is 1. The molecule has 1 aromatic heterocycles. The quantitative estimate of drug-likeness (QED) is 0.775. The summed E-state index contributed by atoms with van der Waals surface area (Å²) in [6, 6.07) is 9.41. The Balaban J connectivity index is 1.69. The van der Waals surface area contributed by atoms with E-state index in [0.717, 1.165) is 0 Å². The Kier molecular flexibility index (Phi) is 5.37. The number of β-amino-alcohol motifs (C(OH)–C–C–N with tert-alkyl or cyclic N) is 1. The second kappa shape index (κ2) is 7.69. The number of pyridine rings is 1. The zero-order valence-corrected chi connectivity index (χ0v) is 14.1. The van der Waals surface area contributed by atoms with Crippen molar-refractivity contribution in [3.8, 4) is 11.6 Å². The number of hydrogen-bond donors (Lipinski definition) is 3. The maximum Gasteiger partial charge on any atom is 0.322 e. The fraction of sp³-hybridized carbons (Fsp3) is 0.294. The molecular weight excluding hydrogens is 346 g/mol. The average molecular weight is 364 g/mol. The Morgan fingerprint density at radius 1 is 1.40 bits per heavy atom. The van der Waals surface area contributed by atoms with Gasteiger partial charge in [0.25, 0.3) is 0 Å². The number of amides is 2. The minimum atomic E-state index is -0.626. The van der Waals surface area contributed by atoms with Crippen LogP contribution in [0.4, 0.5) is 10.5 Å². The van der Waals surface area contributed by atoms with Gasteiger partial charge in [-0.05, 0) is 24.6 Å². The lowest BCUT2D eigenvalue weighted by molar-refractivity contribution is 0.164. The monoisotopic (exact) mass is 363 g/mol. The molecule has 132 valence electrons. The van der Waals surface area contributed by atoms with Crippen molar-refractivity contribution in [2.75, 3.05) is 18.5 Å². The summed E-state index contributed by atoms with van der Waals surface area (Å²) in [5.41, 5.74) is 0.486. The summed E-state index contributed by atoms with van der Waals surface area (Å²) in [4.78, 5) is 17.9. The molecule has 0 bridgehead atoms. The molecule has 0 spiro atoms. The maximum absolute atomic E-state index is 12.4. The lowest BCUT2D eigenvalue weighted by Crippen LogP contribution is -2.40. The zero-order chi connectivity index (χ0) is 17.8. The maximum atomic E-state index is 12.4. The van der Waals surface area contributed by atoms with Gasteiger partial charge in [0.15, 0.2) is 0 Å². The highest BCUT2D eigenvalue weighted by Gasteiger charge is 2.33. The molecule has 1 saturated heterocycles. The van der Waals surface area contributed by atoms with E-state index in [0.29, 0.717) is 22.9 Å². The van der Waals surface area contributed by atoms with Gasteiger partial charge < -0.3 is 25.2 Å². The molecule has 1 aromatic carbocycles. The standard InChI is InChI=1S/C17H18ClN3O4/c18-14-3-1-2-4-15(14)25-16-7-11(5-6-19-16)20-17(24)21-9-13(23)8-12(21)10-22/h1-7,12-13,22-23H,8-10H2,(H,19,20,24)/t12-,13+/m0/s1. The van der Waals surface area contributed by atoms with Crippen molar-refractivity contribution >= 4 is 23.3 Å². The second-order valence-electron chi connectivity index (χ2n) is 5.72. The summed E-state index contributed by atoms with van der Waals surface area (Å²) in [5.74, 6) is 0.745. The first-order valence-corrected chi connectivity index (χ1v) is 8.19. The van der Waals surface area contributed by atoms with E-state index in [2.05, 4.69) is 10.3 Å². The van der Waals surface area contributed by atoms with Gasteiger partial charge >= 0.3 is 6.03 Å². The number of carbonyl (C=O) groups is 1. The molecule has 3 N–H and O–H groups in total. The van der Waals surface area contributed by atoms with E-state index in [9.17, 15) is 15.0 Å². The largest absolute Gasteiger partial charge is 0.437 e. The van der Waals surface area contributed by atoms with Gasteiger partial charge in [0.1, 0.15) is 5.75 Å². The van der Waals surface area contributed by atoms with Crippen LogP contribution in [-0.2, 0) is 0 Å². The molecule has 25 heavy (non-hydrogen) atoms. The van der Waals surface area contributed by atoms with Gasteiger partial charge in [-0.15, -0.1) is 0 Å². The number of halogens is 1. The number of ether oxygens (including phenoxy) is 1. The first-order valence-electron chi connectivity index (χ1n) is 7.82. The number of aliphatic hydroxyl groups excluding tert-OH is 2. The van der Waals surface area contributed by atoms with E-state index in [1.807, 2.05) is 0 Å². The van der Waals surface area contributed by atoms with Crippen LogP contribution in [0.15, 0.2) is 42.6 Å². The molecular formula is C17H18ClN3O4. The number of carbonyl (C=O) groups excluding carboxylic acids is 1. The SMILES string of the molecule is O=C(Nc1ccnc(Oc2ccccc2Cl)c1)N1C[C@H](O)C[C@H]1CO. The van der Waals surface area contributed by atoms with Crippen LogP contribution in [0.1, 0.15) is 6.42 Å². The van der Waals surface area contributed by atoms with Crippen LogP contribution in [0, 0.1) is 0 Å². The number of anilines is 1. The smallest absolute Gasteiger partial charge is 0.322 e. The van der Waals surface area contributed by atoms with Gasteiger partial charge in [0.05, 0.1) is 23.8 Å². The molecule has 0 radical (unpaired) electrons. The third-order valence-electron chi connectivity index (χ3n) is 3.90. The Bertz CT molecular complexity index is 758. The van der Waals surface area contributed by atoms with Gasteiger partial charge in [0.2, 0.25) is 5.88 Å². The van der Waals surface area contributed by atoms with Crippen LogP contribution in [0.2, 0.25) is 5.02 Å². The van der Waals surface area contributed by atoms with E-state index in [4.69, 9.17) is 16.3 Å². The number of nitrogens with zero attached hydrogens (tertiary/aromatic N) is 2. The fourth-order valence-corrected chi connectivity index (χ4v) is 2.87. The molecule has 3 rings (SSSR count). The number of para-hydroxylation sites is 1. The van der Waals surface area contributed by atoms with Gasteiger partial charge in [-0.2, -0.15) is 0 Å². The summed E-state index contributed by atoms with van der Waals surface area (Å²) < 4.78 is 5.63. The predicted molar refractivity (Wildman–Crippen MR) is 93.0 cm³/mol. The van der Waals surface area contributed by atoms with Crippen molar-refractivity contribution in [3.05, 3.63) is 47.6 Å². The Morgan fingerprint density at radius 2 is 2.20 bits per heavy atom. The van der Waals surface area contributed by atoms with Crippen LogP contribution in [0.5, 0.6) is 11.6 Å². The molecule has 0 saturated carbocycles. The highest BCUT2D eigenvalue weighted by molar-refractivity contribution is 6.32. The van der Waals surface area contributed by atoms with Gasteiger partial charge in [0, 0.05) is 24.5 Å². The minimum absolute atomic E-state index is 0.186. The van der Waals surface area contributed by atoms with Crippen molar-refractivity contribution < 1.29 is 19.7 Å². The molecule has 1 aliphatic heterocycles.